The van der Waals surface area contributed by atoms with Crippen molar-refractivity contribution in [3.63, 3.8) is 0 Å². The van der Waals surface area contributed by atoms with Gasteiger partial charge in [-0.15, -0.1) is 0 Å². The van der Waals surface area contributed by atoms with Gasteiger partial charge < -0.3 is 4.74 Å². The van der Waals surface area contributed by atoms with Crippen molar-refractivity contribution in [2.75, 3.05) is 11.4 Å². The molecule has 0 fully saturated rings. The summed E-state index contributed by atoms with van der Waals surface area (Å²) in [5, 5.41) is 11.0. The number of rotatable bonds is 6. The number of anilines is 1. The van der Waals surface area contributed by atoms with Crippen LogP contribution >= 0.6 is 11.6 Å². The fourth-order valence-corrected chi connectivity index (χ4v) is 4.40. The second-order valence-electron chi connectivity index (χ2n) is 6.51. The van der Waals surface area contributed by atoms with Gasteiger partial charge in [0.1, 0.15) is 5.75 Å². The van der Waals surface area contributed by atoms with Gasteiger partial charge in [0.25, 0.3) is 21.6 Å². The van der Waals surface area contributed by atoms with Gasteiger partial charge in [0, 0.05) is 12.1 Å². The molecule has 0 aromatic heterocycles. The van der Waals surface area contributed by atoms with E-state index in [2.05, 4.69) is 0 Å². The number of nitro groups is 1. The van der Waals surface area contributed by atoms with Crippen molar-refractivity contribution in [3.05, 3.63) is 93.0 Å². The zero-order chi connectivity index (χ0) is 22.8. The first-order chi connectivity index (χ1) is 14.6. The van der Waals surface area contributed by atoms with Gasteiger partial charge >= 0.3 is 0 Å². The first kappa shape index (κ1) is 22.3. The molecule has 160 valence electrons. The van der Waals surface area contributed by atoms with Crippen LogP contribution in [0.2, 0.25) is 5.02 Å². The number of carbonyl (C=O) groups is 1. The number of hydrogen-bond acceptors (Lipinski definition) is 6. The van der Waals surface area contributed by atoms with E-state index in [1.807, 2.05) is 0 Å². The van der Waals surface area contributed by atoms with Gasteiger partial charge in [0.2, 0.25) is 0 Å². The van der Waals surface area contributed by atoms with Crippen molar-refractivity contribution in [2.24, 2.45) is 0 Å². The molecule has 31 heavy (non-hydrogen) atoms. The smallest absolute Gasteiger partial charge is 0.274 e. The largest absolute Gasteiger partial charge is 0.497 e. The molecule has 3 aromatic carbocycles. The van der Waals surface area contributed by atoms with E-state index in [9.17, 15) is 23.3 Å². The van der Waals surface area contributed by atoms with Crippen LogP contribution in [0.5, 0.6) is 5.75 Å². The lowest BCUT2D eigenvalue weighted by Crippen LogP contribution is -2.37. The quantitative estimate of drug-likeness (QED) is 0.393. The van der Waals surface area contributed by atoms with E-state index >= 15 is 0 Å². The molecule has 1 amide bonds. The van der Waals surface area contributed by atoms with Crippen LogP contribution in [-0.2, 0) is 10.0 Å². The molecule has 0 saturated carbocycles. The summed E-state index contributed by atoms with van der Waals surface area (Å²) in [6.07, 6.45) is 0. The van der Waals surface area contributed by atoms with Crippen molar-refractivity contribution in [1.29, 1.82) is 0 Å². The fourth-order valence-electron chi connectivity index (χ4n) is 2.80. The third kappa shape index (κ3) is 4.52. The maximum absolute atomic E-state index is 13.4. The summed E-state index contributed by atoms with van der Waals surface area (Å²) in [5.74, 6) is -0.572. The summed E-state index contributed by atoms with van der Waals surface area (Å²) in [6, 6.07) is 15.0. The highest BCUT2D eigenvalue weighted by atomic mass is 35.5. The van der Waals surface area contributed by atoms with Crippen molar-refractivity contribution < 1.29 is 22.9 Å². The monoisotopic (exact) mass is 460 g/mol. The maximum Gasteiger partial charge on any atom is 0.274 e. The zero-order valence-electron chi connectivity index (χ0n) is 16.5. The standard InChI is InChI=1S/C21H17ClN2O6S/c1-14-3-10-18(11-4-14)31(28,29)23(15-5-8-17(30-2)9-6-15)21(25)19-13-16(24(26)27)7-12-20(19)22/h3-13H,1-2H3. The lowest BCUT2D eigenvalue weighted by molar-refractivity contribution is -0.384. The second-order valence-corrected chi connectivity index (χ2v) is 8.70. The predicted molar refractivity (Wildman–Crippen MR) is 116 cm³/mol. The lowest BCUT2D eigenvalue weighted by atomic mass is 10.2. The Balaban J connectivity index is 2.20. The maximum atomic E-state index is 13.4. The Morgan fingerprint density at radius 2 is 1.65 bits per heavy atom. The third-order valence-corrected chi connectivity index (χ3v) is 6.50. The molecule has 0 aliphatic heterocycles. The first-order valence-corrected chi connectivity index (χ1v) is 10.7. The Labute approximate surface area is 183 Å². The minimum absolute atomic E-state index is 0.0222. The lowest BCUT2D eigenvalue weighted by Gasteiger charge is -2.23. The van der Waals surface area contributed by atoms with Gasteiger partial charge in [0.05, 0.1) is 33.2 Å². The first-order valence-electron chi connectivity index (χ1n) is 8.89. The van der Waals surface area contributed by atoms with E-state index in [0.29, 0.717) is 10.1 Å². The number of halogens is 1. The Morgan fingerprint density at radius 1 is 1.03 bits per heavy atom. The second kappa shape index (κ2) is 8.75. The van der Waals surface area contributed by atoms with Crippen LogP contribution in [0.25, 0.3) is 0 Å². The summed E-state index contributed by atoms with van der Waals surface area (Å²) < 4.78 is 32.5. The van der Waals surface area contributed by atoms with Crippen molar-refractivity contribution in [3.8, 4) is 5.75 Å². The molecule has 0 heterocycles. The summed E-state index contributed by atoms with van der Waals surface area (Å²) >= 11 is 6.11. The van der Waals surface area contributed by atoms with Gasteiger partial charge in [-0.3, -0.25) is 14.9 Å². The molecule has 0 bridgehead atoms. The molecule has 0 spiro atoms. The topological polar surface area (TPSA) is 107 Å². The number of carbonyl (C=O) groups excluding carboxylic acids is 1. The molecule has 3 rings (SSSR count). The predicted octanol–water partition coefficient (Wildman–Crippen LogP) is 4.60. The van der Waals surface area contributed by atoms with E-state index < -0.39 is 26.5 Å². The summed E-state index contributed by atoms with van der Waals surface area (Å²) in [5.41, 5.74) is 0.148. The number of ether oxygens (including phenoxy) is 1. The van der Waals surface area contributed by atoms with Gasteiger partial charge in [-0.05, 0) is 49.4 Å². The number of nitro benzene ring substituents is 1. The Bertz CT molecular complexity index is 1240. The third-order valence-electron chi connectivity index (χ3n) is 4.44. The van der Waals surface area contributed by atoms with Gasteiger partial charge in [0.15, 0.2) is 0 Å². The van der Waals surface area contributed by atoms with Crippen molar-refractivity contribution >= 4 is 38.9 Å². The van der Waals surface area contributed by atoms with Crippen LogP contribution < -0.4 is 9.04 Å². The molecule has 0 unspecified atom stereocenters. The van der Waals surface area contributed by atoms with E-state index in [-0.39, 0.29) is 21.2 Å². The highest BCUT2D eigenvalue weighted by Crippen LogP contribution is 2.31. The summed E-state index contributed by atoms with van der Waals surface area (Å²) in [7, 11) is -2.92. The molecule has 0 radical (unpaired) electrons. The van der Waals surface area contributed by atoms with E-state index in [4.69, 9.17) is 16.3 Å². The molecule has 0 aliphatic rings. The number of benzene rings is 3. The highest BCUT2D eigenvalue weighted by molar-refractivity contribution is 7.93. The number of nitrogens with zero attached hydrogens (tertiary/aromatic N) is 2. The fraction of sp³-hybridized carbons (Fsp3) is 0.0952. The Morgan fingerprint density at radius 3 is 2.19 bits per heavy atom. The van der Waals surface area contributed by atoms with Gasteiger partial charge in [-0.2, -0.15) is 4.31 Å². The number of methoxy groups -OCH3 is 1. The summed E-state index contributed by atoms with van der Waals surface area (Å²) in [6.45, 7) is 1.80. The molecule has 0 aliphatic carbocycles. The van der Waals surface area contributed by atoms with E-state index in [0.717, 1.165) is 17.7 Å². The molecular formula is C21H17ClN2O6S. The molecule has 3 aromatic rings. The Kier molecular flexibility index (Phi) is 6.28. The molecule has 0 atom stereocenters. The molecule has 8 nitrogen and oxygen atoms in total. The molecule has 0 N–H and O–H groups in total. The van der Waals surface area contributed by atoms with E-state index in [1.165, 1.54) is 49.6 Å². The minimum Gasteiger partial charge on any atom is -0.497 e. The zero-order valence-corrected chi connectivity index (χ0v) is 18.1. The van der Waals surface area contributed by atoms with Crippen LogP contribution in [0, 0.1) is 17.0 Å². The normalized spacial score (nSPS) is 11.1. The molecule has 0 saturated heterocycles. The van der Waals surface area contributed by atoms with Crippen LogP contribution in [0.3, 0.4) is 0 Å². The van der Waals surface area contributed by atoms with Gasteiger partial charge in [-0.1, -0.05) is 29.3 Å². The van der Waals surface area contributed by atoms with E-state index in [1.54, 1.807) is 19.1 Å². The Hall–Kier alpha value is -3.43. The van der Waals surface area contributed by atoms with Crippen LogP contribution in [0.1, 0.15) is 15.9 Å². The minimum atomic E-state index is -4.37. The number of non-ortho nitro benzene ring substituents is 1. The van der Waals surface area contributed by atoms with Crippen LogP contribution in [0.4, 0.5) is 11.4 Å². The van der Waals surface area contributed by atoms with Crippen molar-refractivity contribution in [2.45, 2.75) is 11.8 Å². The number of aryl methyl sites for hydroxylation is 1. The number of hydrogen-bond donors (Lipinski definition) is 0. The number of amides is 1. The van der Waals surface area contributed by atoms with Crippen LogP contribution in [0.15, 0.2) is 71.6 Å². The average molecular weight is 461 g/mol. The molecule has 10 heteroatoms. The van der Waals surface area contributed by atoms with Crippen molar-refractivity contribution in [1.82, 2.24) is 0 Å². The molecular weight excluding hydrogens is 444 g/mol. The highest BCUT2D eigenvalue weighted by Gasteiger charge is 2.33. The number of sulfonamides is 1. The van der Waals surface area contributed by atoms with Crippen LogP contribution in [-0.4, -0.2) is 26.4 Å². The SMILES string of the molecule is COc1ccc(N(C(=O)c2cc([N+](=O)[O-])ccc2Cl)S(=O)(=O)c2ccc(C)cc2)cc1. The average Bonchev–Trinajstić information content (AvgIpc) is 2.74. The van der Waals surface area contributed by atoms with Gasteiger partial charge in [-0.25, -0.2) is 8.42 Å². The summed E-state index contributed by atoms with van der Waals surface area (Å²) in [4.78, 5) is 23.7.